The van der Waals surface area contributed by atoms with Crippen molar-refractivity contribution in [2.45, 2.75) is 54.6 Å². The second kappa shape index (κ2) is 19.7. The van der Waals surface area contributed by atoms with E-state index in [4.69, 9.17) is 4.74 Å². The van der Waals surface area contributed by atoms with Gasteiger partial charge in [0.15, 0.2) is 5.78 Å². The van der Waals surface area contributed by atoms with Gasteiger partial charge in [0.25, 0.3) is 0 Å². The molecule has 5 nitrogen and oxygen atoms in total. The fourth-order valence-electron chi connectivity index (χ4n) is 5.42. The number of aryl methyl sites for hydroxylation is 3. The molecule has 0 radical (unpaired) electrons. The van der Waals surface area contributed by atoms with E-state index in [9.17, 15) is 19.3 Å². The first-order valence-electron chi connectivity index (χ1n) is 17.1. The van der Waals surface area contributed by atoms with E-state index in [-0.39, 0.29) is 11.3 Å². The quantitative estimate of drug-likeness (QED) is 0.110. The Morgan fingerprint density at radius 2 is 1.00 bits per heavy atom. The van der Waals surface area contributed by atoms with Gasteiger partial charge in [-0.1, -0.05) is 167 Å². The van der Waals surface area contributed by atoms with Gasteiger partial charge < -0.3 is 14.4 Å². The minimum Gasteiger partial charge on any atom is -0.381 e. The van der Waals surface area contributed by atoms with Crippen molar-refractivity contribution in [3.63, 3.8) is 0 Å². The van der Waals surface area contributed by atoms with E-state index in [1.165, 1.54) is 0 Å². The summed E-state index contributed by atoms with van der Waals surface area (Å²) in [4.78, 5) is 25.5. The van der Waals surface area contributed by atoms with Crippen molar-refractivity contribution >= 4 is 29.1 Å². The average Bonchev–Trinajstić information content (AvgIpc) is 3.12. The number of ketones is 1. The fourth-order valence-corrected chi connectivity index (χ4v) is 8.04. The molecule has 0 aliphatic carbocycles. The molecular formula is C44H51O5P. The first-order chi connectivity index (χ1) is 23.9. The number of hydrogen-bond donors (Lipinski definition) is 1. The summed E-state index contributed by atoms with van der Waals surface area (Å²) in [7, 11) is -3.44. The Morgan fingerprint density at radius 3 is 1.40 bits per heavy atom. The molecule has 0 saturated heterocycles. The number of aliphatic hydroxyl groups excluding tert-OH is 1. The van der Waals surface area contributed by atoms with Crippen LogP contribution in [0, 0.1) is 32.6 Å². The van der Waals surface area contributed by atoms with E-state index in [0.29, 0.717) is 39.1 Å². The Bertz CT molecular complexity index is 1740. The number of ether oxygens (including phenoxy) is 1. The molecular weight excluding hydrogens is 639 g/mol. The van der Waals surface area contributed by atoms with Crippen LogP contribution in [0.1, 0.15) is 76.8 Å². The van der Waals surface area contributed by atoms with Crippen molar-refractivity contribution in [1.29, 1.82) is 0 Å². The van der Waals surface area contributed by atoms with Crippen LogP contribution in [0.25, 0.3) is 0 Å². The highest BCUT2D eigenvalue weighted by Gasteiger charge is 2.37. The molecule has 5 aromatic rings. The van der Waals surface area contributed by atoms with Gasteiger partial charge in [-0.2, -0.15) is 0 Å². The maximum atomic E-state index is 14.2. The van der Waals surface area contributed by atoms with Gasteiger partial charge in [-0.05, 0) is 49.3 Å². The summed E-state index contributed by atoms with van der Waals surface area (Å²) in [6.45, 7) is 16.3. The monoisotopic (exact) mass is 690 g/mol. The van der Waals surface area contributed by atoms with Crippen molar-refractivity contribution < 1.29 is 24.0 Å². The summed E-state index contributed by atoms with van der Waals surface area (Å²) in [5.74, 6) is 1.07. The second-order valence-electron chi connectivity index (χ2n) is 13.2. The smallest absolute Gasteiger partial charge is 0.230 e. The van der Waals surface area contributed by atoms with Crippen molar-refractivity contribution in [3.05, 3.63) is 167 Å². The molecule has 1 atom stereocenters. The van der Waals surface area contributed by atoms with E-state index in [0.717, 1.165) is 29.9 Å². The van der Waals surface area contributed by atoms with Crippen LogP contribution in [0.2, 0.25) is 0 Å². The zero-order chi connectivity index (χ0) is 36.7. The largest absolute Gasteiger partial charge is 0.381 e. The van der Waals surface area contributed by atoms with Crippen LogP contribution in [0.5, 0.6) is 0 Å². The number of aliphatic hydroxyl groups is 1. The van der Waals surface area contributed by atoms with Crippen molar-refractivity contribution in [2.75, 3.05) is 13.2 Å². The summed E-state index contributed by atoms with van der Waals surface area (Å²) < 4.78 is 19.5. The fraction of sp³-hybridized carbons (Fsp3) is 0.273. The SMILES string of the molecule is CC(C)COCC(C)C.Cc1cc(C)c(C(=O)P(=O)(c2ccccc2)c2ccccc2)c(C)c1.O=C(c1ccccc1)C(O)c1ccccc1. The second-order valence-corrected chi connectivity index (χ2v) is 15.9. The van der Waals surface area contributed by atoms with Gasteiger partial charge in [0.1, 0.15) is 6.10 Å². The summed E-state index contributed by atoms with van der Waals surface area (Å²) >= 11 is 0. The standard InChI is InChI=1S/C22H21O2P.C14H12O2.C8H18O/c1-16-14-17(2)21(18(3)15-16)22(23)25(24,19-10-6-4-7-11-19)20-12-8-5-9-13-20;15-13(11-7-3-1-4-8-11)14(16)12-9-5-2-6-10-12;1-7(2)5-9-6-8(3)4/h4-15H,1-3H3;1-10,13,15H;7-8H,5-6H2,1-4H3. The predicted octanol–water partition coefficient (Wildman–Crippen LogP) is 9.68. The van der Waals surface area contributed by atoms with Gasteiger partial charge in [0.05, 0.1) is 0 Å². The number of Topliss-reactive ketones (excluding diaryl/α,β-unsaturated/α-hetero) is 1. The van der Waals surface area contributed by atoms with Crippen LogP contribution < -0.4 is 10.6 Å². The summed E-state index contributed by atoms with van der Waals surface area (Å²) in [6.07, 6.45) is -1.08. The average molecular weight is 691 g/mol. The normalized spacial score (nSPS) is 11.6. The van der Waals surface area contributed by atoms with Crippen LogP contribution in [0.15, 0.2) is 133 Å². The molecule has 1 N–H and O–H groups in total. The Kier molecular flexibility index (Phi) is 15.8. The van der Waals surface area contributed by atoms with E-state index in [1.54, 1.807) is 72.8 Å². The highest BCUT2D eigenvalue weighted by atomic mass is 31.2. The summed E-state index contributed by atoms with van der Waals surface area (Å²) in [5, 5.41) is 11.0. The van der Waals surface area contributed by atoms with Crippen LogP contribution in [0.4, 0.5) is 0 Å². The third kappa shape index (κ3) is 11.3. The number of rotatable bonds is 11. The molecule has 0 saturated carbocycles. The molecule has 0 fully saturated rings. The Morgan fingerprint density at radius 1 is 0.620 bits per heavy atom. The van der Waals surface area contributed by atoms with Crippen LogP contribution in [-0.2, 0) is 9.30 Å². The lowest BCUT2D eigenvalue weighted by Gasteiger charge is -2.20. The number of carbonyl (C=O) groups is 2. The minimum atomic E-state index is -3.44. The van der Waals surface area contributed by atoms with Gasteiger partial charge >= 0.3 is 0 Å². The van der Waals surface area contributed by atoms with E-state index in [1.807, 2.05) is 81.4 Å². The number of benzene rings is 5. The highest BCUT2D eigenvalue weighted by molar-refractivity contribution is 7.93. The molecule has 0 aliphatic heterocycles. The Hall–Kier alpha value is -4.41. The number of hydrogen-bond acceptors (Lipinski definition) is 5. The van der Waals surface area contributed by atoms with Crippen molar-refractivity contribution in [2.24, 2.45) is 11.8 Å². The topological polar surface area (TPSA) is 80.7 Å². The Balaban J connectivity index is 0.000000231. The van der Waals surface area contributed by atoms with E-state index in [2.05, 4.69) is 27.7 Å². The lowest BCUT2D eigenvalue weighted by Crippen LogP contribution is -2.23. The van der Waals surface area contributed by atoms with Crippen LogP contribution in [0.3, 0.4) is 0 Å². The van der Waals surface area contributed by atoms with Crippen LogP contribution in [-0.4, -0.2) is 29.6 Å². The molecule has 0 amide bonds. The zero-order valence-electron chi connectivity index (χ0n) is 30.4. The molecule has 0 heterocycles. The molecule has 0 spiro atoms. The van der Waals surface area contributed by atoms with Gasteiger partial charge in [-0.25, -0.2) is 0 Å². The molecule has 5 rings (SSSR count). The predicted molar refractivity (Wildman–Crippen MR) is 207 cm³/mol. The van der Waals surface area contributed by atoms with Gasteiger partial charge in [0, 0.05) is 34.9 Å². The lowest BCUT2D eigenvalue weighted by atomic mass is 10.0. The molecule has 262 valence electrons. The maximum absolute atomic E-state index is 14.2. The zero-order valence-corrected chi connectivity index (χ0v) is 31.3. The third-order valence-electron chi connectivity index (χ3n) is 7.74. The summed E-state index contributed by atoms with van der Waals surface area (Å²) in [5.41, 5.74) is 4.27. The van der Waals surface area contributed by atoms with E-state index >= 15 is 0 Å². The number of carbonyl (C=O) groups excluding carboxylic acids is 2. The van der Waals surface area contributed by atoms with Gasteiger partial charge in [-0.3, -0.25) is 9.59 Å². The first-order valence-corrected chi connectivity index (χ1v) is 18.8. The van der Waals surface area contributed by atoms with Crippen molar-refractivity contribution in [1.82, 2.24) is 0 Å². The van der Waals surface area contributed by atoms with Gasteiger partial charge in [0.2, 0.25) is 12.7 Å². The Labute approximate surface area is 298 Å². The van der Waals surface area contributed by atoms with E-state index < -0.39 is 13.2 Å². The molecule has 6 heteroatoms. The van der Waals surface area contributed by atoms with Crippen LogP contribution >= 0.6 is 7.14 Å². The highest BCUT2D eigenvalue weighted by Crippen LogP contribution is 2.47. The molecule has 50 heavy (non-hydrogen) atoms. The molecule has 5 aromatic carbocycles. The minimum absolute atomic E-state index is 0.271. The first kappa shape index (κ1) is 40.0. The maximum Gasteiger partial charge on any atom is 0.230 e. The third-order valence-corrected chi connectivity index (χ3v) is 10.6. The van der Waals surface area contributed by atoms with Gasteiger partial charge in [-0.15, -0.1) is 0 Å². The molecule has 1 unspecified atom stereocenters. The molecule has 0 aromatic heterocycles. The molecule has 0 bridgehead atoms. The molecule has 0 aliphatic rings. The lowest BCUT2D eigenvalue weighted by molar-refractivity contribution is 0.0747. The summed E-state index contributed by atoms with van der Waals surface area (Å²) in [6, 6.07) is 39.9. The van der Waals surface area contributed by atoms with Crippen molar-refractivity contribution in [3.8, 4) is 0 Å².